The third-order valence-electron chi connectivity index (χ3n) is 3.17. The predicted molar refractivity (Wildman–Crippen MR) is 96.8 cm³/mol. The normalized spacial score (nSPS) is 10.5. The number of nitrogens with one attached hydrogen (secondary N) is 1. The predicted octanol–water partition coefficient (Wildman–Crippen LogP) is 4.04. The Bertz CT molecular complexity index is 716. The number of hydrogen-bond donors (Lipinski definition) is 1. The smallest absolute Gasteiger partial charge is 0.252 e. The van der Waals surface area contributed by atoms with E-state index in [0.29, 0.717) is 18.7 Å². The van der Waals surface area contributed by atoms with Crippen LogP contribution in [0.3, 0.4) is 0 Å². The topological polar surface area (TPSA) is 38.3 Å². The molecule has 0 aliphatic carbocycles. The van der Waals surface area contributed by atoms with Gasteiger partial charge in [0, 0.05) is 11.0 Å². The Kier molecular flexibility index (Phi) is 6.03. The van der Waals surface area contributed by atoms with Crippen molar-refractivity contribution in [3.8, 4) is 17.6 Å². The van der Waals surface area contributed by atoms with Crippen molar-refractivity contribution in [2.24, 2.45) is 5.41 Å². The molecule has 3 heteroatoms. The molecule has 1 N–H and O–H groups in total. The third kappa shape index (κ3) is 6.18. The number of carbonyl (C=O) groups excluding carboxylic acids is 1. The highest BCUT2D eigenvalue weighted by Gasteiger charge is 2.05. The lowest BCUT2D eigenvalue weighted by Crippen LogP contribution is -2.23. The van der Waals surface area contributed by atoms with Crippen molar-refractivity contribution in [3.63, 3.8) is 0 Å². The van der Waals surface area contributed by atoms with Gasteiger partial charge in [0.25, 0.3) is 5.91 Å². The van der Waals surface area contributed by atoms with Crippen LogP contribution in [-0.4, -0.2) is 12.5 Å². The van der Waals surface area contributed by atoms with Gasteiger partial charge in [-0.1, -0.05) is 42.2 Å². The summed E-state index contributed by atoms with van der Waals surface area (Å²) in [5.74, 6) is 6.66. The van der Waals surface area contributed by atoms with Crippen molar-refractivity contribution < 1.29 is 9.53 Å². The molecule has 124 valence electrons. The van der Waals surface area contributed by atoms with Gasteiger partial charge in [0.05, 0.1) is 6.54 Å². The summed E-state index contributed by atoms with van der Waals surface area (Å²) in [4.78, 5) is 12.0. The van der Waals surface area contributed by atoms with E-state index in [-0.39, 0.29) is 11.3 Å². The van der Waals surface area contributed by atoms with Gasteiger partial charge in [0.15, 0.2) is 0 Å². The summed E-state index contributed by atoms with van der Waals surface area (Å²) in [6.45, 7) is 6.97. The molecule has 0 radical (unpaired) electrons. The molecule has 0 aliphatic heterocycles. The molecule has 2 aromatic rings. The summed E-state index contributed by atoms with van der Waals surface area (Å²) in [7, 11) is 0. The molecule has 0 fully saturated rings. The first-order chi connectivity index (χ1) is 11.4. The molecule has 0 saturated carbocycles. The van der Waals surface area contributed by atoms with Crippen LogP contribution in [0.25, 0.3) is 0 Å². The number of hydrogen-bond acceptors (Lipinski definition) is 2. The van der Waals surface area contributed by atoms with Gasteiger partial charge < -0.3 is 10.1 Å². The summed E-state index contributed by atoms with van der Waals surface area (Å²) < 4.78 is 5.71. The second-order valence-electron chi connectivity index (χ2n) is 6.53. The lowest BCUT2D eigenvalue weighted by Gasteiger charge is -2.08. The number of amides is 1. The maximum atomic E-state index is 12.0. The van der Waals surface area contributed by atoms with Gasteiger partial charge in [-0.15, -0.1) is 0 Å². The van der Waals surface area contributed by atoms with Crippen molar-refractivity contribution in [2.45, 2.75) is 27.4 Å². The minimum Gasteiger partial charge on any atom is -0.489 e. The van der Waals surface area contributed by atoms with Gasteiger partial charge in [0.1, 0.15) is 12.4 Å². The highest BCUT2D eigenvalue weighted by atomic mass is 16.5. The second kappa shape index (κ2) is 8.21. The fourth-order valence-corrected chi connectivity index (χ4v) is 1.98. The minimum absolute atomic E-state index is 0.0531. The highest BCUT2D eigenvalue weighted by Crippen LogP contribution is 2.14. The molecule has 0 aliphatic rings. The summed E-state index contributed by atoms with van der Waals surface area (Å²) in [6, 6.07) is 17.1. The van der Waals surface area contributed by atoms with Crippen LogP contribution in [0.15, 0.2) is 54.6 Å². The molecule has 0 atom stereocenters. The van der Waals surface area contributed by atoms with E-state index >= 15 is 0 Å². The minimum atomic E-state index is -0.132. The van der Waals surface area contributed by atoms with E-state index in [1.807, 2.05) is 51.1 Å². The Balaban J connectivity index is 1.84. The molecule has 0 aromatic heterocycles. The van der Waals surface area contributed by atoms with E-state index in [2.05, 4.69) is 17.2 Å². The maximum absolute atomic E-state index is 12.0. The van der Waals surface area contributed by atoms with Gasteiger partial charge in [-0.2, -0.15) is 0 Å². The van der Waals surface area contributed by atoms with Crippen LogP contribution in [0.4, 0.5) is 0 Å². The average Bonchev–Trinajstić information content (AvgIpc) is 2.57. The zero-order valence-electron chi connectivity index (χ0n) is 14.4. The quantitative estimate of drug-likeness (QED) is 0.844. The van der Waals surface area contributed by atoms with E-state index < -0.39 is 0 Å². The molecule has 0 unspecified atom stereocenters. The molecule has 2 rings (SSSR count). The summed E-state index contributed by atoms with van der Waals surface area (Å²) in [6.07, 6.45) is 0. The van der Waals surface area contributed by atoms with Crippen LogP contribution in [0.2, 0.25) is 0 Å². The Hall–Kier alpha value is -2.73. The largest absolute Gasteiger partial charge is 0.489 e. The Morgan fingerprint density at radius 1 is 1.04 bits per heavy atom. The number of carbonyl (C=O) groups is 1. The molecule has 1 amide bonds. The first kappa shape index (κ1) is 17.6. The SMILES string of the molecule is CC(C)(C)C#CCNC(=O)c1ccc(OCc2ccccc2)cc1. The fourth-order valence-electron chi connectivity index (χ4n) is 1.98. The van der Waals surface area contributed by atoms with Crippen molar-refractivity contribution in [3.05, 3.63) is 65.7 Å². The molecule has 0 bridgehead atoms. The summed E-state index contributed by atoms with van der Waals surface area (Å²) in [5, 5.41) is 2.80. The van der Waals surface area contributed by atoms with Crippen molar-refractivity contribution in [2.75, 3.05) is 6.54 Å². The van der Waals surface area contributed by atoms with Gasteiger partial charge >= 0.3 is 0 Å². The standard InChI is InChI=1S/C21H23NO2/c1-21(2,3)14-7-15-22-20(23)18-10-12-19(13-11-18)24-16-17-8-5-4-6-9-17/h4-6,8-13H,15-16H2,1-3H3,(H,22,23). The van der Waals surface area contributed by atoms with Gasteiger partial charge in [-0.3, -0.25) is 4.79 Å². The highest BCUT2D eigenvalue weighted by molar-refractivity contribution is 5.94. The van der Waals surface area contributed by atoms with Crippen LogP contribution in [0, 0.1) is 17.3 Å². The Morgan fingerprint density at radius 2 is 1.71 bits per heavy atom. The molecular formula is C21H23NO2. The molecule has 0 heterocycles. The van der Waals surface area contributed by atoms with E-state index in [0.717, 1.165) is 11.3 Å². The van der Waals surface area contributed by atoms with E-state index in [9.17, 15) is 4.79 Å². The number of ether oxygens (including phenoxy) is 1. The maximum Gasteiger partial charge on any atom is 0.252 e. The second-order valence-corrected chi connectivity index (χ2v) is 6.53. The lowest BCUT2D eigenvalue weighted by atomic mass is 9.98. The van der Waals surface area contributed by atoms with Crippen LogP contribution in [-0.2, 0) is 6.61 Å². The van der Waals surface area contributed by atoms with Gasteiger partial charge in [-0.05, 0) is 50.6 Å². The van der Waals surface area contributed by atoms with E-state index in [1.165, 1.54) is 0 Å². The van der Waals surface area contributed by atoms with Crippen molar-refractivity contribution in [1.29, 1.82) is 0 Å². The van der Waals surface area contributed by atoms with Crippen molar-refractivity contribution in [1.82, 2.24) is 5.32 Å². The van der Waals surface area contributed by atoms with Crippen molar-refractivity contribution >= 4 is 5.91 Å². The Labute approximate surface area is 144 Å². The average molecular weight is 321 g/mol. The number of benzene rings is 2. The van der Waals surface area contributed by atoms with Crippen LogP contribution >= 0.6 is 0 Å². The monoisotopic (exact) mass is 321 g/mol. The van der Waals surface area contributed by atoms with Crippen LogP contribution in [0.1, 0.15) is 36.7 Å². The van der Waals surface area contributed by atoms with E-state index in [4.69, 9.17) is 4.74 Å². The van der Waals surface area contributed by atoms with Crippen LogP contribution in [0.5, 0.6) is 5.75 Å². The zero-order chi connectivity index (χ0) is 17.4. The molecule has 2 aromatic carbocycles. The third-order valence-corrected chi connectivity index (χ3v) is 3.17. The zero-order valence-corrected chi connectivity index (χ0v) is 14.4. The lowest BCUT2D eigenvalue weighted by molar-refractivity contribution is 0.0958. The summed E-state index contributed by atoms with van der Waals surface area (Å²) in [5.41, 5.74) is 1.65. The molecule has 0 spiro atoms. The van der Waals surface area contributed by atoms with Gasteiger partial charge in [-0.25, -0.2) is 0 Å². The molecule has 24 heavy (non-hydrogen) atoms. The Morgan fingerprint density at radius 3 is 2.33 bits per heavy atom. The van der Waals surface area contributed by atoms with Crippen LogP contribution < -0.4 is 10.1 Å². The molecular weight excluding hydrogens is 298 g/mol. The molecule has 0 saturated heterocycles. The van der Waals surface area contributed by atoms with Gasteiger partial charge in [0.2, 0.25) is 0 Å². The first-order valence-electron chi connectivity index (χ1n) is 7.99. The number of rotatable bonds is 5. The first-order valence-corrected chi connectivity index (χ1v) is 7.99. The molecule has 3 nitrogen and oxygen atoms in total. The summed E-state index contributed by atoms with van der Waals surface area (Å²) >= 11 is 0. The fraction of sp³-hybridized carbons (Fsp3) is 0.286. The van der Waals surface area contributed by atoms with E-state index in [1.54, 1.807) is 24.3 Å².